The normalized spacial score (nSPS) is 17.1. The molecule has 7 nitrogen and oxygen atoms in total. The first-order valence-electron chi connectivity index (χ1n) is 8.14. The third-order valence-electron chi connectivity index (χ3n) is 4.06. The van der Waals surface area contributed by atoms with Gasteiger partial charge in [-0.15, -0.1) is 0 Å². The number of unbranched alkanes of at least 4 members (excludes halogenated alkanes) is 1. The van der Waals surface area contributed by atoms with E-state index in [0.29, 0.717) is 17.3 Å². The van der Waals surface area contributed by atoms with Gasteiger partial charge in [0.1, 0.15) is 6.04 Å². The number of carbonyl (C=O) groups excluding carboxylic acids is 2. The van der Waals surface area contributed by atoms with Gasteiger partial charge in [0.05, 0.1) is 11.6 Å². The van der Waals surface area contributed by atoms with Crippen LogP contribution in [-0.2, 0) is 9.59 Å². The topological polar surface area (TPSA) is 107 Å². The second-order valence-corrected chi connectivity index (χ2v) is 5.86. The van der Waals surface area contributed by atoms with Gasteiger partial charge in [-0.05, 0) is 37.6 Å². The Kier molecular flexibility index (Phi) is 4.91. The van der Waals surface area contributed by atoms with E-state index in [0.717, 1.165) is 23.1 Å². The predicted molar refractivity (Wildman–Crippen MR) is 92.6 cm³/mol. The van der Waals surface area contributed by atoms with E-state index in [-0.39, 0.29) is 24.3 Å². The first-order valence-corrected chi connectivity index (χ1v) is 8.14. The van der Waals surface area contributed by atoms with E-state index in [9.17, 15) is 14.4 Å². The molecule has 2 heterocycles. The average molecular weight is 338 g/mol. The minimum atomic E-state index is -0.759. The third-order valence-corrected chi connectivity index (χ3v) is 4.06. The maximum Gasteiger partial charge on any atom is 0.275 e. The smallest absolute Gasteiger partial charge is 0.275 e. The van der Waals surface area contributed by atoms with Crippen LogP contribution in [0.4, 0.5) is 0 Å². The van der Waals surface area contributed by atoms with Crippen molar-refractivity contribution in [3.8, 4) is 11.8 Å². The molecule has 2 amide bonds. The van der Waals surface area contributed by atoms with Crippen LogP contribution in [0.25, 0.3) is 10.8 Å². The zero-order valence-corrected chi connectivity index (χ0v) is 13.6. The van der Waals surface area contributed by atoms with E-state index in [4.69, 9.17) is 5.73 Å². The van der Waals surface area contributed by atoms with Crippen molar-refractivity contribution < 1.29 is 9.59 Å². The molecular formula is C18H18N4O3. The fraction of sp³-hybridized carbons (Fsp3) is 0.333. The largest absolute Gasteiger partial charge is 0.330 e. The molecule has 1 fully saturated rings. The summed E-state index contributed by atoms with van der Waals surface area (Å²) in [6.45, 7) is 0.607. The van der Waals surface area contributed by atoms with Crippen LogP contribution in [0.3, 0.4) is 0 Å². The number of carbonyl (C=O) groups is 2. The van der Waals surface area contributed by atoms with Gasteiger partial charge in [0, 0.05) is 23.8 Å². The molecule has 25 heavy (non-hydrogen) atoms. The van der Waals surface area contributed by atoms with Crippen LogP contribution >= 0.6 is 0 Å². The summed E-state index contributed by atoms with van der Waals surface area (Å²) in [5.41, 5.74) is 5.88. The Bertz CT molecular complexity index is 952. The van der Waals surface area contributed by atoms with Crippen molar-refractivity contribution in [1.82, 2.24) is 15.1 Å². The van der Waals surface area contributed by atoms with Gasteiger partial charge in [-0.1, -0.05) is 11.8 Å². The fourth-order valence-electron chi connectivity index (χ4n) is 2.73. The summed E-state index contributed by atoms with van der Waals surface area (Å²) in [5.74, 6) is 5.25. The molecule has 7 heteroatoms. The summed E-state index contributed by atoms with van der Waals surface area (Å²) in [5, 5.41) is 7.50. The van der Waals surface area contributed by atoms with E-state index in [1.54, 1.807) is 24.4 Å². The summed E-state index contributed by atoms with van der Waals surface area (Å²) in [7, 11) is 0. The van der Waals surface area contributed by atoms with Crippen molar-refractivity contribution >= 4 is 22.6 Å². The van der Waals surface area contributed by atoms with Crippen LogP contribution in [0.15, 0.2) is 29.2 Å². The molecule has 0 saturated carbocycles. The predicted octanol–water partition coefficient (Wildman–Crippen LogP) is 0.465. The molecule has 1 aromatic heterocycles. The van der Waals surface area contributed by atoms with Crippen LogP contribution in [0.1, 0.15) is 37.3 Å². The molecule has 1 aliphatic rings. The first kappa shape index (κ1) is 16.9. The van der Waals surface area contributed by atoms with Gasteiger partial charge >= 0.3 is 0 Å². The van der Waals surface area contributed by atoms with Crippen molar-refractivity contribution in [2.45, 2.75) is 31.7 Å². The number of imide groups is 1. The molecule has 1 aliphatic heterocycles. The van der Waals surface area contributed by atoms with Crippen molar-refractivity contribution in [2.75, 3.05) is 6.54 Å². The van der Waals surface area contributed by atoms with E-state index in [1.807, 2.05) is 0 Å². The standard InChI is InChI=1S/C18H18N4O3/c19-9-3-1-2-4-12-5-6-14-13(10-12)11-20-22(18(14)25)15-7-8-16(23)21-17(15)24/h5-6,10-11,15H,1,3,7-9,19H2,(H,21,23,24). The van der Waals surface area contributed by atoms with Crippen molar-refractivity contribution in [1.29, 1.82) is 0 Å². The van der Waals surface area contributed by atoms with Crippen LogP contribution < -0.4 is 16.6 Å². The van der Waals surface area contributed by atoms with Crippen molar-refractivity contribution in [2.24, 2.45) is 5.73 Å². The number of amides is 2. The van der Waals surface area contributed by atoms with Gasteiger partial charge in [-0.2, -0.15) is 5.10 Å². The average Bonchev–Trinajstić information content (AvgIpc) is 2.60. The van der Waals surface area contributed by atoms with Crippen LogP contribution in [0, 0.1) is 11.8 Å². The Morgan fingerprint density at radius 1 is 1.32 bits per heavy atom. The third kappa shape index (κ3) is 3.59. The molecule has 0 spiro atoms. The zero-order chi connectivity index (χ0) is 17.8. The molecule has 2 aromatic rings. The Morgan fingerprint density at radius 2 is 2.16 bits per heavy atom. The maximum absolute atomic E-state index is 12.7. The Morgan fingerprint density at radius 3 is 2.92 bits per heavy atom. The monoisotopic (exact) mass is 338 g/mol. The zero-order valence-electron chi connectivity index (χ0n) is 13.6. The molecule has 3 rings (SSSR count). The number of hydrogen-bond donors (Lipinski definition) is 2. The Balaban J connectivity index is 1.92. The fourth-order valence-corrected chi connectivity index (χ4v) is 2.73. The lowest BCUT2D eigenvalue weighted by Gasteiger charge is -2.21. The quantitative estimate of drug-likeness (QED) is 0.480. The van der Waals surface area contributed by atoms with E-state index in [2.05, 4.69) is 22.3 Å². The molecule has 3 N–H and O–H groups in total. The number of fused-ring (bicyclic) bond motifs is 1. The van der Waals surface area contributed by atoms with Crippen LogP contribution in [0.5, 0.6) is 0 Å². The minimum Gasteiger partial charge on any atom is -0.330 e. The number of nitrogens with two attached hydrogens (primary N) is 1. The highest BCUT2D eigenvalue weighted by molar-refractivity contribution is 5.99. The molecule has 1 atom stereocenters. The Labute approximate surface area is 144 Å². The van der Waals surface area contributed by atoms with Crippen LogP contribution in [-0.4, -0.2) is 28.1 Å². The van der Waals surface area contributed by atoms with Gasteiger partial charge in [0.15, 0.2) is 0 Å². The van der Waals surface area contributed by atoms with E-state index in [1.165, 1.54) is 0 Å². The molecule has 1 saturated heterocycles. The molecule has 1 unspecified atom stereocenters. The molecular weight excluding hydrogens is 320 g/mol. The van der Waals surface area contributed by atoms with Crippen molar-refractivity contribution in [3.05, 3.63) is 40.3 Å². The second-order valence-electron chi connectivity index (χ2n) is 5.86. The highest BCUT2D eigenvalue weighted by atomic mass is 16.2. The molecule has 0 aliphatic carbocycles. The number of aromatic nitrogens is 2. The molecule has 128 valence electrons. The highest BCUT2D eigenvalue weighted by Crippen LogP contribution is 2.17. The summed E-state index contributed by atoms with van der Waals surface area (Å²) < 4.78 is 1.15. The van der Waals surface area contributed by atoms with Gasteiger partial charge in [0.25, 0.3) is 11.5 Å². The number of hydrogen-bond acceptors (Lipinski definition) is 5. The van der Waals surface area contributed by atoms with Crippen molar-refractivity contribution in [3.63, 3.8) is 0 Å². The number of benzene rings is 1. The maximum atomic E-state index is 12.7. The lowest BCUT2D eigenvalue weighted by molar-refractivity contribution is -0.136. The summed E-state index contributed by atoms with van der Waals surface area (Å²) >= 11 is 0. The Hall–Kier alpha value is -2.98. The molecule has 1 aromatic carbocycles. The van der Waals surface area contributed by atoms with Gasteiger partial charge in [-0.3, -0.25) is 19.7 Å². The lowest BCUT2D eigenvalue weighted by Crippen LogP contribution is -2.45. The SMILES string of the molecule is NCCCC#Cc1ccc2c(=O)n(C3CCC(=O)NC3=O)ncc2c1. The van der Waals surface area contributed by atoms with Crippen LogP contribution in [0.2, 0.25) is 0 Å². The molecule has 0 bridgehead atoms. The van der Waals surface area contributed by atoms with E-state index < -0.39 is 11.9 Å². The van der Waals surface area contributed by atoms with Gasteiger partial charge in [-0.25, -0.2) is 4.68 Å². The van der Waals surface area contributed by atoms with E-state index >= 15 is 0 Å². The minimum absolute atomic E-state index is 0.194. The number of nitrogens with one attached hydrogen (secondary N) is 1. The number of rotatable bonds is 3. The summed E-state index contributed by atoms with van der Waals surface area (Å²) in [6, 6.07) is 4.50. The highest BCUT2D eigenvalue weighted by Gasteiger charge is 2.29. The first-order chi connectivity index (χ1) is 12.1. The van der Waals surface area contributed by atoms with Gasteiger partial charge in [0.2, 0.25) is 5.91 Å². The molecule has 0 radical (unpaired) electrons. The van der Waals surface area contributed by atoms with Gasteiger partial charge < -0.3 is 5.73 Å². The number of piperidine rings is 1. The number of nitrogens with zero attached hydrogens (tertiary/aromatic N) is 2. The lowest BCUT2D eigenvalue weighted by atomic mass is 10.1. The summed E-state index contributed by atoms with van der Waals surface area (Å²) in [6.07, 6.45) is 3.59. The summed E-state index contributed by atoms with van der Waals surface area (Å²) in [4.78, 5) is 35.9. The second kappa shape index (κ2) is 7.28.